The highest BCUT2D eigenvalue weighted by Crippen LogP contribution is 2.19. The minimum absolute atomic E-state index is 0. The summed E-state index contributed by atoms with van der Waals surface area (Å²) >= 11 is 0. The van der Waals surface area contributed by atoms with Gasteiger partial charge in [0.25, 0.3) is 6.33 Å². The SMILES string of the molecule is O=C(C[n+]1ccc(-c2ccco2)nc1)c1cccc2ccccc12.[Br-]. The van der Waals surface area contributed by atoms with Crippen LogP contribution in [0.4, 0.5) is 0 Å². The zero-order chi connectivity index (χ0) is 16.4. The van der Waals surface area contributed by atoms with Crippen molar-refractivity contribution in [3.8, 4) is 11.5 Å². The Balaban J connectivity index is 0.00000182. The van der Waals surface area contributed by atoms with Crippen LogP contribution in [0.2, 0.25) is 0 Å². The van der Waals surface area contributed by atoms with Gasteiger partial charge in [-0.05, 0) is 27.9 Å². The van der Waals surface area contributed by atoms with E-state index in [0.29, 0.717) is 5.76 Å². The quantitative estimate of drug-likeness (QED) is 0.377. The maximum atomic E-state index is 12.7. The summed E-state index contributed by atoms with van der Waals surface area (Å²) in [5, 5.41) is 2.05. The number of carbonyl (C=O) groups excluding carboxylic acids is 1. The number of fused-ring (bicyclic) bond motifs is 1. The lowest BCUT2D eigenvalue weighted by atomic mass is 10.0. The molecule has 0 saturated heterocycles. The maximum absolute atomic E-state index is 12.7. The first kappa shape index (κ1) is 17.0. The van der Waals surface area contributed by atoms with Crippen LogP contribution in [0.1, 0.15) is 10.4 Å². The lowest BCUT2D eigenvalue weighted by Crippen LogP contribution is -3.00. The summed E-state index contributed by atoms with van der Waals surface area (Å²) in [5.74, 6) is 0.770. The molecule has 2 aromatic carbocycles. The topological polar surface area (TPSA) is 47.0 Å². The Bertz CT molecular complexity index is 991. The number of hydrogen-bond acceptors (Lipinski definition) is 3. The molecule has 25 heavy (non-hydrogen) atoms. The van der Waals surface area contributed by atoms with Gasteiger partial charge in [-0.1, -0.05) is 42.5 Å². The first-order chi connectivity index (χ1) is 11.8. The number of rotatable bonds is 4. The van der Waals surface area contributed by atoms with E-state index in [1.54, 1.807) is 17.2 Å². The number of nitrogens with zero attached hydrogens (tertiary/aromatic N) is 2. The third-order valence-corrected chi connectivity index (χ3v) is 3.96. The molecule has 2 heterocycles. The number of furan rings is 1. The zero-order valence-corrected chi connectivity index (χ0v) is 14.9. The number of halogens is 1. The van der Waals surface area contributed by atoms with Crippen LogP contribution < -0.4 is 21.5 Å². The molecule has 4 aromatic rings. The molecule has 124 valence electrons. The van der Waals surface area contributed by atoms with Crippen molar-refractivity contribution in [3.05, 3.63) is 85.0 Å². The van der Waals surface area contributed by atoms with E-state index in [4.69, 9.17) is 4.42 Å². The molecule has 5 heteroatoms. The van der Waals surface area contributed by atoms with Gasteiger partial charge in [0.05, 0.1) is 12.5 Å². The highest BCUT2D eigenvalue weighted by Gasteiger charge is 2.14. The van der Waals surface area contributed by atoms with Crippen LogP contribution >= 0.6 is 0 Å². The van der Waals surface area contributed by atoms with E-state index in [1.807, 2.05) is 66.9 Å². The molecule has 0 aliphatic carbocycles. The van der Waals surface area contributed by atoms with E-state index in [0.717, 1.165) is 22.0 Å². The van der Waals surface area contributed by atoms with Crippen LogP contribution in [0.3, 0.4) is 0 Å². The Labute approximate surface area is 155 Å². The van der Waals surface area contributed by atoms with Crippen LogP contribution in [0.5, 0.6) is 0 Å². The summed E-state index contributed by atoms with van der Waals surface area (Å²) in [6, 6.07) is 19.2. The molecule has 0 radical (unpaired) electrons. The summed E-state index contributed by atoms with van der Waals surface area (Å²) in [7, 11) is 0. The van der Waals surface area contributed by atoms with Gasteiger partial charge >= 0.3 is 0 Å². The molecule has 0 aliphatic heterocycles. The lowest BCUT2D eigenvalue weighted by molar-refractivity contribution is -0.686. The largest absolute Gasteiger partial charge is 1.00 e. The standard InChI is InChI=1S/C20H15N2O2.BrH/c23-19(17-8-3-6-15-5-1-2-7-16(15)17)13-22-11-10-18(21-14-22)20-9-4-12-24-20;/h1-12,14H,13H2;1H/q+1;/p-1. The molecule has 0 aliphatic rings. The smallest absolute Gasteiger partial charge is 0.287 e. The number of benzene rings is 2. The summed E-state index contributed by atoms with van der Waals surface area (Å²) in [6.07, 6.45) is 5.11. The van der Waals surface area contributed by atoms with E-state index in [-0.39, 0.29) is 29.3 Å². The van der Waals surface area contributed by atoms with Crippen molar-refractivity contribution in [2.75, 3.05) is 0 Å². The molecular formula is C20H15BrN2O2. The van der Waals surface area contributed by atoms with Gasteiger partial charge in [-0.2, -0.15) is 0 Å². The highest BCUT2D eigenvalue weighted by atomic mass is 79.9. The monoisotopic (exact) mass is 394 g/mol. The predicted octanol–water partition coefficient (Wildman–Crippen LogP) is 0.669. The average Bonchev–Trinajstić information content (AvgIpc) is 3.16. The molecule has 2 aromatic heterocycles. The second-order valence-electron chi connectivity index (χ2n) is 5.55. The van der Waals surface area contributed by atoms with Crippen molar-refractivity contribution < 1.29 is 30.8 Å². The summed E-state index contributed by atoms with van der Waals surface area (Å²) < 4.78 is 7.09. The predicted molar refractivity (Wildman–Crippen MR) is 90.4 cm³/mol. The molecular weight excluding hydrogens is 380 g/mol. The molecule has 4 rings (SSSR count). The summed E-state index contributed by atoms with van der Waals surface area (Å²) in [6.45, 7) is 0.249. The number of hydrogen-bond donors (Lipinski definition) is 0. The normalized spacial score (nSPS) is 10.4. The third-order valence-electron chi connectivity index (χ3n) is 3.96. The van der Waals surface area contributed by atoms with E-state index in [9.17, 15) is 4.79 Å². The van der Waals surface area contributed by atoms with Crippen molar-refractivity contribution in [1.29, 1.82) is 0 Å². The lowest BCUT2D eigenvalue weighted by Gasteiger charge is -2.05. The molecule has 0 amide bonds. The van der Waals surface area contributed by atoms with Gasteiger partial charge in [-0.25, -0.2) is 4.57 Å². The molecule has 0 bridgehead atoms. The minimum Gasteiger partial charge on any atom is -1.00 e. The Hall–Kier alpha value is -2.79. The van der Waals surface area contributed by atoms with Crippen molar-refractivity contribution in [2.45, 2.75) is 6.54 Å². The average molecular weight is 395 g/mol. The molecule has 0 spiro atoms. The van der Waals surface area contributed by atoms with Gasteiger partial charge in [-0.3, -0.25) is 4.79 Å². The van der Waals surface area contributed by atoms with Gasteiger partial charge in [-0.15, -0.1) is 0 Å². The molecule has 0 saturated carbocycles. The second kappa shape index (κ2) is 7.40. The molecule has 0 fully saturated rings. The van der Waals surface area contributed by atoms with Crippen LogP contribution in [0.15, 0.2) is 83.9 Å². The van der Waals surface area contributed by atoms with Gasteiger partial charge in [0.2, 0.25) is 11.5 Å². The Morgan fingerprint density at radius 2 is 1.84 bits per heavy atom. The van der Waals surface area contributed by atoms with Gasteiger partial charge < -0.3 is 21.4 Å². The molecule has 0 atom stereocenters. The van der Waals surface area contributed by atoms with Crippen molar-refractivity contribution in [3.63, 3.8) is 0 Å². The first-order valence-corrected chi connectivity index (χ1v) is 7.71. The Morgan fingerprint density at radius 1 is 1.00 bits per heavy atom. The van der Waals surface area contributed by atoms with E-state index < -0.39 is 0 Å². The highest BCUT2D eigenvalue weighted by molar-refractivity contribution is 6.07. The second-order valence-corrected chi connectivity index (χ2v) is 5.55. The minimum atomic E-state index is 0. The number of Topliss-reactive ketones (excluding diaryl/α,β-unsaturated/α-hetero) is 1. The number of aromatic nitrogens is 2. The first-order valence-electron chi connectivity index (χ1n) is 7.71. The fraction of sp³-hybridized carbons (Fsp3) is 0.0500. The summed E-state index contributed by atoms with van der Waals surface area (Å²) in [5.41, 5.74) is 1.48. The van der Waals surface area contributed by atoms with Crippen LogP contribution in [0, 0.1) is 0 Å². The molecule has 4 nitrogen and oxygen atoms in total. The molecule has 0 unspecified atom stereocenters. The van der Waals surface area contributed by atoms with E-state index in [1.165, 1.54) is 0 Å². The Morgan fingerprint density at radius 3 is 2.60 bits per heavy atom. The fourth-order valence-corrected chi connectivity index (χ4v) is 2.77. The maximum Gasteiger partial charge on any atom is 0.287 e. The fourth-order valence-electron chi connectivity index (χ4n) is 2.77. The summed E-state index contributed by atoms with van der Waals surface area (Å²) in [4.78, 5) is 17.0. The van der Waals surface area contributed by atoms with Crippen molar-refractivity contribution in [1.82, 2.24) is 4.98 Å². The van der Waals surface area contributed by atoms with E-state index >= 15 is 0 Å². The van der Waals surface area contributed by atoms with Crippen molar-refractivity contribution >= 4 is 16.6 Å². The van der Waals surface area contributed by atoms with E-state index in [2.05, 4.69) is 4.98 Å². The van der Waals surface area contributed by atoms with Gasteiger partial charge in [0, 0.05) is 11.6 Å². The number of ketones is 1. The van der Waals surface area contributed by atoms with Crippen LogP contribution in [-0.2, 0) is 6.54 Å². The number of carbonyl (C=O) groups is 1. The Kier molecular flexibility index (Phi) is 5.05. The third kappa shape index (κ3) is 3.51. The zero-order valence-electron chi connectivity index (χ0n) is 13.3. The van der Waals surface area contributed by atoms with Gasteiger partial charge in [0.15, 0.2) is 12.3 Å². The van der Waals surface area contributed by atoms with Gasteiger partial charge in [0.1, 0.15) is 0 Å². The van der Waals surface area contributed by atoms with Crippen LogP contribution in [0.25, 0.3) is 22.2 Å². The van der Waals surface area contributed by atoms with Crippen LogP contribution in [-0.4, -0.2) is 10.8 Å². The van der Waals surface area contributed by atoms with Crippen molar-refractivity contribution in [2.24, 2.45) is 0 Å². The molecule has 0 N–H and O–H groups in total.